The van der Waals surface area contributed by atoms with Crippen molar-refractivity contribution < 1.29 is 0 Å². The molecule has 0 saturated carbocycles. The standard InChI is InChI=1S/C23H28N2/c1-6-11-19-22(24)21-18(23(4,5)7-2)14-16(3)15-20(21)25(19)17-12-9-8-10-13-17/h6,8-15H,7,24H2,1-5H3/b11-6-. The van der Waals surface area contributed by atoms with Crippen LogP contribution in [-0.4, -0.2) is 4.57 Å². The Labute approximate surface area is 151 Å². The van der Waals surface area contributed by atoms with Crippen molar-refractivity contribution in [1.29, 1.82) is 0 Å². The molecule has 1 heterocycles. The van der Waals surface area contributed by atoms with Gasteiger partial charge in [0.1, 0.15) is 0 Å². The number of hydrogen-bond acceptors (Lipinski definition) is 1. The molecular formula is C23H28N2. The summed E-state index contributed by atoms with van der Waals surface area (Å²) in [7, 11) is 0. The number of para-hydroxylation sites is 1. The van der Waals surface area contributed by atoms with Crippen molar-refractivity contribution in [3.05, 3.63) is 65.4 Å². The summed E-state index contributed by atoms with van der Waals surface area (Å²) in [6.07, 6.45) is 5.24. The van der Waals surface area contributed by atoms with Gasteiger partial charge in [-0.05, 0) is 61.1 Å². The summed E-state index contributed by atoms with van der Waals surface area (Å²) in [4.78, 5) is 0. The largest absolute Gasteiger partial charge is 0.396 e. The first-order chi connectivity index (χ1) is 11.9. The molecule has 0 aliphatic carbocycles. The van der Waals surface area contributed by atoms with Crippen LogP contribution in [0.1, 0.15) is 50.9 Å². The number of aromatic nitrogens is 1. The molecule has 0 unspecified atom stereocenters. The van der Waals surface area contributed by atoms with Crippen LogP contribution in [0, 0.1) is 6.92 Å². The van der Waals surface area contributed by atoms with E-state index in [1.54, 1.807) is 0 Å². The van der Waals surface area contributed by atoms with Crippen LogP contribution >= 0.6 is 0 Å². The molecule has 0 radical (unpaired) electrons. The molecule has 0 aliphatic rings. The van der Waals surface area contributed by atoms with Gasteiger partial charge in [0, 0.05) is 11.1 Å². The van der Waals surface area contributed by atoms with Gasteiger partial charge in [0.2, 0.25) is 0 Å². The van der Waals surface area contributed by atoms with Crippen molar-refractivity contribution in [2.45, 2.75) is 46.5 Å². The molecule has 0 atom stereocenters. The Bertz CT molecular complexity index is 928. The van der Waals surface area contributed by atoms with Gasteiger partial charge in [-0.25, -0.2) is 0 Å². The number of nitrogens with zero attached hydrogens (tertiary/aromatic N) is 1. The monoisotopic (exact) mass is 332 g/mol. The first-order valence-corrected chi connectivity index (χ1v) is 9.03. The number of aryl methyl sites for hydroxylation is 1. The minimum atomic E-state index is 0.0778. The predicted molar refractivity (Wildman–Crippen MR) is 110 cm³/mol. The second kappa shape index (κ2) is 6.44. The predicted octanol–water partition coefficient (Wildman–Crippen LogP) is 6.24. The number of fused-ring (bicyclic) bond motifs is 1. The van der Waals surface area contributed by atoms with Crippen molar-refractivity contribution in [1.82, 2.24) is 4.57 Å². The maximum atomic E-state index is 6.69. The lowest BCUT2D eigenvalue weighted by molar-refractivity contribution is 0.510. The average molecular weight is 332 g/mol. The van der Waals surface area contributed by atoms with Crippen molar-refractivity contribution in [2.75, 3.05) is 5.73 Å². The van der Waals surface area contributed by atoms with Gasteiger partial charge in [-0.15, -0.1) is 0 Å². The average Bonchev–Trinajstić information content (AvgIpc) is 2.87. The van der Waals surface area contributed by atoms with E-state index in [2.05, 4.69) is 80.8 Å². The first kappa shape index (κ1) is 17.3. The van der Waals surface area contributed by atoms with Crippen LogP contribution in [0.25, 0.3) is 22.7 Å². The minimum Gasteiger partial charge on any atom is -0.396 e. The fourth-order valence-corrected chi connectivity index (χ4v) is 3.51. The highest BCUT2D eigenvalue weighted by atomic mass is 15.0. The van der Waals surface area contributed by atoms with Crippen molar-refractivity contribution >= 4 is 22.7 Å². The van der Waals surface area contributed by atoms with E-state index in [0.717, 1.165) is 23.5 Å². The lowest BCUT2D eigenvalue weighted by atomic mass is 9.79. The zero-order valence-corrected chi connectivity index (χ0v) is 15.9. The van der Waals surface area contributed by atoms with Crippen LogP contribution in [0.15, 0.2) is 48.5 Å². The number of allylic oxidation sites excluding steroid dienone is 1. The summed E-state index contributed by atoms with van der Waals surface area (Å²) in [5.74, 6) is 0. The number of nitrogens with two attached hydrogens (primary N) is 1. The molecule has 0 saturated heterocycles. The van der Waals surface area contributed by atoms with Crippen LogP contribution in [0.4, 0.5) is 5.69 Å². The third-order valence-electron chi connectivity index (χ3n) is 5.24. The molecule has 0 aliphatic heterocycles. The maximum absolute atomic E-state index is 6.69. The normalized spacial score (nSPS) is 12.4. The van der Waals surface area contributed by atoms with E-state index < -0.39 is 0 Å². The highest BCUT2D eigenvalue weighted by Crippen LogP contribution is 2.41. The third kappa shape index (κ3) is 2.86. The number of nitrogen functional groups attached to an aromatic ring is 1. The SMILES string of the molecule is C/C=C\c1c(N)c2c(C(C)(C)CC)cc(C)cc2n1-c1ccccc1. The van der Waals surface area contributed by atoms with E-state index in [0.29, 0.717) is 0 Å². The van der Waals surface area contributed by atoms with E-state index >= 15 is 0 Å². The number of benzene rings is 2. The van der Waals surface area contributed by atoms with Crippen LogP contribution in [0.3, 0.4) is 0 Å². The summed E-state index contributed by atoms with van der Waals surface area (Å²) >= 11 is 0. The number of anilines is 1. The zero-order valence-electron chi connectivity index (χ0n) is 15.9. The lowest BCUT2D eigenvalue weighted by Crippen LogP contribution is -2.16. The Balaban J connectivity index is 2.50. The van der Waals surface area contributed by atoms with Crippen molar-refractivity contribution in [3.63, 3.8) is 0 Å². The van der Waals surface area contributed by atoms with Crippen LogP contribution in [0.2, 0.25) is 0 Å². The summed E-state index contributed by atoms with van der Waals surface area (Å²) in [6.45, 7) is 11.0. The van der Waals surface area contributed by atoms with Gasteiger partial charge in [-0.1, -0.05) is 51.1 Å². The lowest BCUT2D eigenvalue weighted by Gasteiger charge is -2.25. The smallest absolute Gasteiger partial charge is 0.0695 e. The molecule has 1 aromatic heterocycles. The van der Waals surface area contributed by atoms with E-state index in [1.165, 1.54) is 22.0 Å². The molecule has 2 N–H and O–H groups in total. The molecule has 2 aromatic carbocycles. The highest BCUT2D eigenvalue weighted by molar-refractivity contribution is 6.01. The van der Waals surface area contributed by atoms with Gasteiger partial charge >= 0.3 is 0 Å². The van der Waals surface area contributed by atoms with Crippen LogP contribution < -0.4 is 5.73 Å². The fraction of sp³-hybridized carbons (Fsp3) is 0.304. The quantitative estimate of drug-likeness (QED) is 0.602. The van der Waals surface area contributed by atoms with Gasteiger partial charge in [-0.3, -0.25) is 0 Å². The molecule has 0 spiro atoms. The second-order valence-corrected chi connectivity index (χ2v) is 7.41. The number of rotatable bonds is 4. The Morgan fingerprint density at radius 1 is 1.12 bits per heavy atom. The van der Waals surface area contributed by atoms with Crippen LogP contribution in [-0.2, 0) is 5.41 Å². The Kier molecular flexibility index (Phi) is 4.47. The van der Waals surface area contributed by atoms with E-state index in [-0.39, 0.29) is 5.41 Å². The van der Waals surface area contributed by atoms with Gasteiger partial charge in [0.05, 0.1) is 16.9 Å². The molecule has 3 aromatic rings. The highest BCUT2D eigenvalue weighted by Gasteiger charge is 2.26. The van der Waals surface area contributed by atoms with E-state index in [1.807, 2.05) is 13.0 Å². The number of hydrogen-bond donors (Lipinski definition) is 1. The molecular weight excluding hydrogens is 304 g/mol. The van der Waals surface area contributed by atoms with Crippen molar-refractivity contribution in [3.8, 4) is 5.69 Å². The Morgan fingerprint density at radius 2 is 1.80 bits per heavy atom. The van der Waals surface area contributed by atoms with Crippen molar-refractivity contribution in [2.24, 2.45) is 0 Å². The molecule has 25 heavy (non-hydrogen) atoms. The fourth-order valence-electron chi connectivity index (χ4n) is 3.51. The summed E-state index contributed by atoms with van der Waals surface area (Å²) in [6, 6.07) is 15.0. The molecule has 0 amide bonds. The first-order valence-electron chi connectivity index (χ1n) is 9.03. The van der Waals surface area contributed by atoms with E-state index in [9.17, 15) is 0 Å². The second-order valence-electron chi connectivity index (χ2n) is 7.41. The van der Waals surface area contributed by atoms with Gasteiger partial charge < -0.3 is 10.3 Å². The molecule has 3 rings (SSSR count). The molecule has 0 fully saturated rings. The molecule has 2 nitrogen and oxygen atoms in total. The molecule has 2 heteroatoms. The Morgan fingerprint density at radius 3 is 2.40 bits per heavy atom. The van der Waals surface area contributed by atoms with Gasteiger partial charge in [0.25, 0.3) is 0 Å². The Hall–Kier alpha value is -2.48. The molecule has 0 bridgehead atoms. The third-order valence-corrected chi connectivity index (χ3v) is 5.24. The summed E-state index contributed by atoms with van der Waals surface area (Å²) in [5.41, 5.74) is 13.6. The maximum Gasteiger partial charge on any atom is 0.0695 e. The summed E-state index contributed by atoms with van der Waals surface area (Å²) < 4.78 is 2.28. The topological polar surface area (TPSA) is 30.9 Å². The van der Waals surface area contributed by atoms with E-state index in [4.69, 9.17) is 5.73 Å². The van der Waals surface area contributed by atoms with Gasteiger partial charge in [0.15, 0.2) is 0 Å². The summed E-state index contributed by atoms with van der Waals surface area (Å²) in [5, 5.41) is 1.19. The van der Waals surface area contributed by atoms with Crippen LogP contribution in [0.5, 0.6) is 0 Å². The zero-order chi connectivity index (χ0) is 18.2. The molecule has 130 valence electrons. The van der Waals surface area contributed by atoms with Gasteiger partial charge in [-0.2, -0.15) is 0 Å². The minimum absolute atomic E-state index is 0.0778.